The van der Waals surface area contributed by atoms with Crippen LogP contribution in [0.3, 0.4) is 0 Å². The minimum atomic E-state index is -0.782. The quantitative estimate of drug-likeness (QED) is 0.398. The van der Waals surface area contributed by atoms with Gasteiger partial charge in [-0.2, -0.15) is 0 Å². The number of benzene rings is 2. The predicted octanol–water partition coefficient (Wildman–Crippen LogP) is 3.29. The largest absolute Gasteiger partial charge is 0.491 e. The fraction of sp³-hybridized carbons (Fsp3) is 0.480. The maximum atomic E-state index is 12.1. The maximum Gasteiger partial charge on any atom is 0.328 e. The lowest BCUT2D eigenvalue weighted by Gasteiger charge is -2.14. The number of hydrogen-bond acceptors (Lipinski definition) is 5. The van der Waals surface area contributed by atoms with Crippen LogP contribution in [0.15, 0.2) is 47.3 Å². The molecule has 3 aromatic rings. The molecule has 0 saturated carbocycles. The Hall–Kier alpha value is -2.61. The number of fused-ring (bicyclic) bond motifs is 1. The lowest BCUT2D eigenvalue weighted by Crippen LogP contribution is -2.19. The molecule has 1 atom stereocenters. The topological polar surface area (TPSA) is 77.7 Å². The second kappa shape index (κ2) is 11.9. The first kappa shape index (κ1) is 24.0. The molecule has 174 valence electrons. The van der Waals surface area contributed by atoms with Gasteiger partial charge in [-0.15, -0.1) is 0 Å². The molecule has 0 aliphatic heterocycles. The predicted molar refractivity (Wildman–Crippen MR) is 127 cm³/mol. The molecular formula is C25H35N3O4. The first-order valence-electron chi connectivity index (χ1n) is 11.3. The van der Waals surface area contributed by atoms with Crippen LogP contribution in [0.1, 0.15) is 43.4 Å². The molecule has 0 spiro atoms. The summed E-state index contributed by atoms with van der Waals surface area (Å²) in [5.41, 5.74) is 3.44. The molecule has 0 aliphatic carbocycles. The molecule has 7 nitrogen and oxygen atoms in total. The monoisotopic (exact) mass is 441 g/mol. The van der Waals surface area contributed by atoms with Gasteiger partial charge in [-0.25, -0.2) is 4.79 Å². The van der Waals surface area contributed by atoms with Crippen LogP contribution in [0.25, 0.3) is 11.0 Å². The van der Waals surface area contributed by atoms with Crippen LogP contribution in [-0.4, -0.2) is 40.6 Å². The summed E-state index contributed by atoms with van der Waals surface area (Å²) in [5, 5.41) is 14.0. The SMILES string of the molecule is CCCCOCCCNCc1ccc(OC[C@H](O)c2ccc3c(c2)n(C)c(=O)n3C)cc1. The van der Waals surface area contributed by atoms with E-state index in [1.165, 1.54) is 12.0 Å². The molecule has 0 fully saturated rings. The number of aromatic nitrogens is 2. The van der Waals surface area contributed by atoms with E-state index in [4.69, 9.17) is 9.47 Å². The van der Waals surface area contributed by atoms with Crippen molar-refractivity contribution in [3.63, 3.8) is 0 Å². The number of rotatable bonds is 13. The summed E-state index contributed by atoms with van der Waals surface area (Å²) in [4.78, 5) is 12.1. The Balaban J connectivity index is 1.43. The van der Waals surface area contributed by atoms with Gasteiger partial charge in [0.25, 0.3) is 0 Å². The van der Waals surface area contributed by atoms with Crippen molar-refractivity contribution in [2.45, 2.75) is 38.8 Å². The Labute approximate surface area is 189 Å². The highest BCUT2D eigenvalue weighted by Gasteiger charge is 2.13. The number of unbranched alkanes of at least 4 members (excludes halogenated alkanes) is 1. The maximum absolute atomic E-state index is 12.1. The highest BCUT2D eigenvalue weighted by Crippen LogP contribution is 2.21. The van der Waals surface area contributed by atoms with E-state index >= 15 is 0 Å². The second-order valence-electron chi connectivity index (χ2n) is 8.12. The third kappa shape index (κ3) is 6.22. The number of imidazole rings is 1. The molecule has 2 N–H and O–H groups in total. The summed E-state index contributed by atoms with van der Waals surface area (Å²) < 4.78 is 14.5. The number of aliphatic hydroxyl groups is 1. The van der Waals surface area contributed by atoms with E-state index in [-0.39, 0.29) is 12.3 Å². The number of aryl methyl sites for hydroxylation is 2. The number of nitrogens with one attached hydrogen (secondary N) is 1. The van der Waals surface area contributed by atoms with Crippen LogP contribution in [0, 0.1) is 0 Å². The van der Waals surface area contributed by atoms with Crippen LogP contribution in [0.2, 0.25) is 0 Å². The summed E-state index contributed by atoms with van der Waals surface area (Å²) in [7, 11) is 3.47. The molecule has 0 bridgehead atoms. The van der Waals surface area contributed by atoms with Crippen LogP contribution < -0.4 is 15.7 Å². The molecule has 3 rings (SSSR count). The molecule has 32 heavy (non-hydrogen) atoms. The third-order valence-corrected chi connectivity index (χ3v) is 5.63. The summed E-state index contributed by atoms with van der Waals surface area (Å²) in [6.07, 6.45) is 2.52. The fourth-order valence-electron chi connectivity index (χ4n) is 3.59. The first-order valence-corrected chi connectivity index (χ1v) is 11.3. The average molecular weight is 442 g/mol. The smallest absolute Gasteiger partial charge is 0.328 e. The minimum absolute atomic E-state index is 0.0854. The van der Waals surface area contributed by atoms with E-state index in [2.05, 4.69) is 12.2 Å². The van der Waals surface area contributed by atoms with E-state index in [0.29, 0.717) is 5.75 Å². The fourth-order valence-corrected chi connectivity index (χ4v) is 3.59. The summed E-state index contributed by atoms with van der Waals surface area (Å²) in [6.45, 7) is 5.69. The van der Waals surface area contributed by atoms with Gasteiger partial charge in [0.05, 0.1) is 11.0 Å². The van der Waals surface area contributed by atoms with Crippen LogP contribution in [0.5, 0.6) is 5.75 Å². The zero-order chi connectivity index (χ0) is 22.9. The molecule has 7 heteroatoms. The van der Waals surface area contributed by atoms with Crippen molar-refractivity contribution in [2.75, 3.05) is 26.4 Å². The standard InChI is InChI=1S/C25H35N3O4/c1-4-5-14-31-15-6-13-26-17-19-7-10-21(11-8-19)32-18-24(29)20-9-12-22-23(16-20)28(3)25(30)27(22)2/h7-12,16,24,26,29H,4-6,13-15,17-18H2,1-3H3/t24-/m0/s1. The molecule has 1 heterocycles. The number of hydrogen-bond donors (Lipinski definition) is 2. The zero-order valence-electron chi connectivity index (χ0n) is 19.3. The van der Waals surface area contributed by atoms with E-state index in [0.717, 1.165) is 55.7 Å². The Morgan fingerprint density at radius 1 is 1.00 bits per heavy atom. The molecule has 0 radical (unpaired) electrons. The molecule has 2 aromatic carbocycles. The molecule has 0 amide bonds. The first-order chi connectivity index (χ1) is 15.5. The van der Waals surface area contributed by atoms with Crippen molar-refractivity contribution in [3.05, 3.63) is 64.1 Å². The lowest BCUT2D eigenvalue weighted by molar-refractivity contribution is 0.108. The average Bonchev–Trinajstić information content (AvgIpc) is 3.03. The van der Waals surface area contributed by atoms with Gasteiger partial charge in [0.1, 0.15) is 18.5 Å². The molecule has 0 aliphatic rings. The Kier molecular flexibility index (Phi) is 8.90. The normalized spacial score (nSPS) is 12.4. The highest BCUT2D eigenvalue weighted by molar-refractivity contribution is 5.76. The van der Waals surface area contributed by atoms with Gasteiger partial charge in [0.15, 0.2) is 0 Å². The van der Waals surface area contributed by atoms with Crippen molar-refractivity contribution < 1.29 is 14.6 Å². The summed E-state index contributed by atoms with van der Waals surface area (Å²) in [5.74, 6) is 0.713. The highest BCUT2D eigenvalue weighted by atomic mass is 16.5. The van der Waals surface area contributed by atoms with E-state index in [9.17, 15) is 9.90 Å². The molecule has 1 aromatic heterocycles. The number of ether oxygens (including phenoxy) is 2. The van der Waals surface area contributed by atoms with Crippen LogP contribution in [0.4, 0.5) is 0 Å². The van der Waals surface area contributed by atoms with Crippen molar-refractivity contribution in [1.29, 1.82) is 0 Å². The number of aliphatic hydroxyl groups excluding tert-OH is 1. The van der Waals surface area contributed by atoms with Crippen LogP contribution in [-0.2, 0) is 25.4 Å². The van der Waals surface area contributed by atoms with Gasteiger partial charge < -0.3 is 19.9 Å². The van der Waals surface area contributed by atoms with Gasteiger partial charge in [0.2, 0.25) is 0 Å². The Morgan fingerprint density at radius 2 is 1.72 bits per heavy atom. The van der Waals surface area contributed by atoms with E-state index in [1.54, 1.807) is 23.2 Å². The van der Waals surface area contributed by atoms with E-state index < -0.39 is 6.10 Å². The Morgan fingerprint density at radius 3 is 2.47 bits per heavy atom. The third-order valence-electron chi connectivity index (χ3n) is 5.63. The second-order valence-corrected chi connectivity index (χ2v) is 8.12. The summed E-state index contributed by atoms with van der Waals surface area (Å²) in [6, 6.07) is 13.4. The van der Waals surface area contributed by atoms with Crippen molar-refractivity contribution in [2.24, 2.45) is 14.1 Å². The molecule has 0 unspecified atom stereocenters. The summed E-state index contributed by atoms with van der Waals surface area (Å²) >= 11 is 0. The van der Waals surface area contributed by atoms with Gasteiger partial charge in [0, 0.05) is 33.9 Å². The molecule has 0 saturated heterocycles. The van der Waals surface area contributed by atoms with Gasteiger partial charge in [-0.3, -0.25) is 9.13 Å². The Bertz CT molecular complexity index is 1040. The minimum Gasteiger partial charge on any atom is -0.491 e. The van der Waals surface area contributed by atoms with Crippen molar-refractivity contribution in [1.82, 2.24) is 14.5 Å². The number of nitrogens with zero attached hydrogens (tertiary/aromatic N) is 2. The zero-order valence-corrected chi connectivity index (χ0v) is 19.3. The van der Waals surface area contributed by atoms with Gasteiger partial charge in [-0.05, 0) is 54.8 Å². The molecular weight excluding hydrogens is 406 g/mol. The van der Waals surface area contributed by atoms with Crippen molar-refractivity contribution >= 4 is 11.0 Å². The van der Waals surface area contributed by atoms with E-state index in [1.807, 2.05) is 42.5 Å². The van der Waals surface area contributed by atoms with Gasteiger partial charge >= 0.3 is 5.69 Å². The van der Waals surface area contributed by atoms with Crippen molar-refractivity contribution in [3.8, 4) is 5.75 Å². The van der Waals surface area contributed by atoms with Crippen LogP contribution >= 0.6 is 0 Å². The lowest BCUT2D eigenvalue weighted by atomic mass is 10.1. The van der Waals surface area contributed by atoms with Gasteiger partial charge in [-0.1, -0.05) is 31.5 Å².